The fourth-order valence-electron chi connectivity index (χ4n) is 6.20. The first kappa shape index (κ1) is 27.3. The van der Waals surface area contributed by atoms with Crippen LogP contribution in [0.15, 0.2) is 24.4 Å². The zero-order valence-electron chi connectivity index (χ0n) is 21.2. The highest BCUT2D eigenvalue weighted by Crippen LogP contribution is 2.66. The molecule has 3 aliphatic rings. The predicted molar refractivity (Wildman–Crippen MR) is 136 cm³/mol. The average molecular weight is 556 g/mol. The fourth-order valence-corrected chi connectivity index (χ4v) is 7.42. The summed E-state index contributed by atoms with van der Waals surface area (Å²) in [4.78, 5) is 23.2. The molecular weight excluding hydrogens is 522 g/mol. The maximum atomic E-state index is 13.8. The second kappa shape index (κ2) is 10.7. The number of aliphatic hydroxyl groups is 1. The Hall–Kier alpha value is -2.28. The molecule has 1 aromatic heterocycles. The molecule has 5 rings (SSSR count). The number of carbonyl (C=O) groups excluding carboxylic acids is 1. The van der Waals surface area contributed by atoms with Crippen molar-refractivity contribution < 1.29 is 27.5 Å². The van der Waals surface area contributed by atoms with Gasteiger partial charge in [0.15, 0.2) is 0 Å². The van der Waals surface area contributed by atoms with Crippen LogP contribution in [0.25, 0.3) is 0 Å². The van der Waals surface area contributed by atoms with Gasteiger partial charge in [0, 0.05) is 54.4 Å². The van der Waals surface area contributed by atoms with Gasteiger partial charge in [-0.2, -0.15) is 13.2 Å². The molecule has 1 saturated heterocycles. The normalized spacial score (nSPS) is 26.9. The minimum atomic E-state index is -4.86. The molecule has 2 amide bonds. The van der Waals surface area contributed by atoms with Gasteiger partial charge in [-0.3, -0.25) is 0 Å². The summed E-state index contributed by atoms with van der Waals surface area (Å²) in [5.74, 6) is -1.11. The number of rotatable bonds is 9. The highest BCUT2D eigenvalue weighted by molar-refractivity contribution is 7.11. The van der Waals surface area contributed by atoms with Crippen LogP contribution in [0.1, 0.15) is 47.6 Å². The fraction of sp³-hybridized carbons (Fsp3) is 0.615. The van der Waals surface area contributed by atoms with E-state index in [2.05, 4.69) is 20.5 Å². The molecule has 0 spiro atoms. The number of thiazole rings is 1. The number of carbonyl (C=O) groups is 1. The number of nitrogens with one attached hydrogen (secondary N) is 2. The number of amides is 2. The number of aromatic nitrogens is 1. The third kappa shape index (κ3) is 5.54. The second-order valence-corrected chi connectivity index (χ2v) is 11.7. The maximum Gasteiger partial charge on any atom is 0.419 e. The molecule has 38 heavy (non-hydrogen) atoms. The maximum absolute atomic E-state index is 13.8. The lowest BCUT2D eigenvalue weighted by molar-refractivity contribution is -0.139. The lowest BCUT2D eigenvalue weighted by Gasteiger charge is -2.31. The van der Waals surface area contributed by atoms with Crippen LogP contribution in [0, 0.1) is 11.7 Å². The van der Waals surface area contributed by atoms with E-state index in [1.54, 1.807) is 16.2 Å². The highest BCUT2D eigenvalue weighted by atomic mass is 32.1. The molecule has 1 aliphatic heterocycles. The molecule has 2 saturated carbocycles. The van der Waals surface area contributed by atoms with Crippen LogP contribution < -0.4 is 10.6 Å². The van der Waals surface area contributed by atoms with Gasteiger partial charge in [-0.1, -0.05) is 0 Å². The van der Waals surface area contributed by atoms with Crippen LogP contribution in [0.5, 0.6) is 0 Å². The number of benzene rings is 1. The van der Waals surface area contributed by atoms with Crippen molar-refractivity contribution in [3.63, 3.8) is 0 Å². The van der Waals surface area contributed by atoms with Gasteiger partial charge in [0.2, 0.25) is 0 Å². The molecule has 0 unspecified atom stereocenters. The summed E-state index contributed by atoms with van der Waals surface area (Å²) in [6.07, 6.45) is 0.858. The first-order valence-corrected chi connectivity index (χ1v) is 13.9. The van der Waals surface area contributed by atoms with Crippen molar-refractivity contribution >= 4 is 23.1 Å². The number of anilines is 1. The van der Waals surface area contributed by atoms with E-state index in [4.69, 9.17) is 0 Å². The Bertz CT molecular complexity index is 1160. The van der Waals surface area contributed by atoms with E-state index >= 15 is 0 Å². The Kier molecular flexibility index (Phi) is 7.69. The number of hydrogen-bond acceptors (Lipinski definition) is 6. The minimum absolute atomic E-state index is 0.00520. The summed E-state index contributed by atoms with van der Waals surface area (Å²) in [6.45, 7) is 3.28. The second-order valence-electron chi connectivity index (χ2n) is 10.6. The molecule has 208 valence electrons. The Morgan fingerprint density at radius 3 is 2.84 bits per heavy atom. The predicted octanol–water partition coefficient (Wildman–Crippen LogP) is 4.43. The SMILES string of the molecule is CNCc1ncc([C@]23CC[C@@H](N(CCCN4CC[C@@H](O)C4)C(=O)Nc4ccc(F)c(C(F)(F)F)c4)[C@H]2C3)s1. The summed E-state index contributed by atoms with van der Waals surface area (Å²) < 4.78 is 53.5. The molecule has 12 heteroatoms. The van der Waals surface area contributed by atoms with Crippen molar-refractivity contribution in [2.45, 2.75) is 62.4 Å². The zero-order valence-corrected chi connectivity index (χ0v) is 22.0. The lowest BCUT2D eigenvalue weighted by Crippen LogP contribution is -2.44. The van der Waals surface area contributed by atoms with Crippen LogP contribution >= 0.6 is 11.3 Å². The first-order valence-electron chi connectivity index (χ1n) is 13.1. The van der Waals surface area contributed by atoms with Crippen LogP contribution in [0.4, 0.5) is 28.0 Å². The van der Waals surface area contributed by atoms with Crippen LogP contribution in [-0.2, 0) is 18.1 Å². The highest BCUT2D eigenvalue weighted by Gasteiger charge is 2.64. The van der Waals surface area contributed by atoms with E-state index < -0.39 is 23.6 Å². The molecule has 2 aromatic rings. The molecule has 7 nitrogen and oxygen atoms in total. The van der Waals surface area contributed by atoms with E-state index in [0.717, 1.165) is 55.9 Å². The summed E-state index contributed by atoms with van der Waals surface area (Å²) in [7, 11) is 1.88. The number of urea groups is 1. The number of nitrogens with zero attached hydrogens (tertiary/aromatic N) is 3. The molecule has 0 bridgehead atoms. The van der Waals surface area contributed by atoms with E-state index in [9.17, 15) is 27.5 Å². The molecule has 3 N–H and O–H groups in total. The molecule has 0 radical (unpaired) electrons. The van der Waals surface area contributed by atoms with E-state index in [1.807, 2.05) is 13.2 Å². The van der Waals surface area contributed by atoms with Gasteiger partial charge >= 0.3 is 12.2 Å². The number of aliphatic hydroxyl groups excluding tert-OH is 1. The quantitative estimate of drug-likeness (QED) is 0.399. The van der Waals surface area contributed by atoms with E-state index in [1.165, 1.54) is 4.88 Å². The molecular formula is C26H33F4N5O2S. The lowest BCUT2D eigenvalue weighted by atomic mass is 10.0. The molecule has 2 heterocycles. The van der Waals surface area contributed by atoms with Gasteiger partial charge in [-0.05, 0) is 69.8 Å². The Balaban J connectivity index is 1.31. The van der Waals surface area contributed by atoms with Crippen molar-refractivity contribution in [3.05, 3.63) is 45.7 Å². The van der Waals surface area contributed by atoms with Crippen molar-refractivity contribution in [2.24, 2.45) is 5.92 Å². The Morgan fingerprint density at radius 2 is 2.16 bits per heavy atom. The third-order valence-corrected chi connectivity index (χ3v) is 9.38. The van der Waals surface area contributed by atoms with Crippen molar-refractivity contribution in [2.75, 3.05) is 38.5 Å². The first-order chi connectivity index (χ1) is 18.1. The molecule has 3 fully saturated rings. The van der Waals surface area contributed by atoms with Gasteiger partial charge < -0.3 is 25.5 Å². The largest absolute Gasteiger partial charge is 0.419 e. The van der Waals surface area contributed by atoms with Crippen LogP contribution in [-0.4, -0.2) is 71.3 Å². The Labute approximate surface area is 223 Å². The monoisotopic (exact) mass is 555 g/mol. The number of halogens is 4. The third-order valence-electron chi connectivity index (χ3n) is 8.16. The van der Waals surface area contributed by atoms with E-state index in [-0.39, 0.29) is 29.2 Å². The summed E-state index contributed by atoms with van der Waals surface area (Å²) >= 11 is 1.69. The smallest absolute Gasteiger partial charge is 0.392 e. The summed E-state index contributed by atoms with van der Waals surface area (Å²) in [6, 6.07) is 2.02. The number of alkyl halides is 3. The van der Waals surface area contributed by atoms with Gasteiger partial charge in [-0.25, -0.2) is 14.2 Å². The number of fused-ring (bicyclic) bond motifs is 1. The number of β-amino-alcohol motifs (C(OH)–C–C–N with tert-alkyl or cyclic N) is 1. The van der Waals surface area contributed by atoms with Crippen molar-refractivity contribution in [1.29, 1.82) is 0 Å². The van der Waals surface area contributed by atoms with Gasteiger partial charge in [0.05, 0.1) is 11.7 Å². The topological polar surface area (TPSA) is 80.7 Å². The minimum Gasteiger partial charge on any atom is -0.392 e. The summed E-state index contributed by atoms with van der Waals surface area (Å²) in [5, 5.41) is 16.6. The van der Waals surface area contributed by atoms with Gasteiger partial charge in [-0.15, -0.1) is 11.3 Å². The molecule has 2 aliphatic carbocycles. The van der Waals surface area contributed by atoms with Crippen LogP contribution in [0.2, 0.25) is 0 Å². The average Bonchev–Trinajstić information content (AvgIpc) is 3.18. The number of hydrogen-bond donors (Lipinski definition) is 3. The van der Waals surface area contributed by atoms with Gasteiger partial charge in [0.25, 0.3) is 0 Å². The van der Waals surface area contributed by atoms with Crippen LogP contribution in [0.3, 0.4) is 0 Å². The zero-order chi connectivity index (χ0) is 27.1. The van der Waals surface area contributed by atoms with Crippen molar-refractivity contribution in [3.8, 4) is 0 Å². The van der Waals surface area contributed by atoms with E-state index in [0.29, 0.717) is 32.1 Å². The number of likely N-dealkylation sites (tertiary alicyclic amines) is 1. The molecule has 4 atom stereocenters. The standard InChI is InChI=1S/C26H33F4N5O2S/c1-31-14-23-32-13-22(38-23)25-7-5-21(19(25)12-25)35(9-2-8-34-10-6-17(36)15-34)24(37)33-16-3-4-20(27)18(11-16)26(28,29)30/h3-4,11,13,17,19,21,31,36H,2,5-10,12,14-15H2,1H3,(H,33,37)/t17-,19-,21-,25+/m1/s1. The molecule has 1 aromatic carbocycles. The van der Waals surface area contributed by atoms with Crippen molar-refractivity contribution in [1.82, 2.24) is 20.1 Å². The summed E-state index contributed by atoms with van der Waals surface area (Å²) in [5.41, 5.74) is -1.49. The Morgan fingerprint density at radius 1 is 1.34 bits per heavy atom. The van der Waals surface area contributed by atoms with Gasteiger partial charge in [0.1, 0.15) is 10.8 Å².